The van der Waals surface area contributed by atoms with E-state index in [2.05, 4.69) is 10.2 Å². The average molecular weight is 419 g/mol. The Bertz CT molecular complexity index is 937. The SMILES string of the molecule is CC1=C(OC(=O)C2CCC(O[N+](=O)[O-])C2)C2=COC(c3ccc(Cl)cc3)C2=CN1. The summed E-state index contributed by atoms with van der Waals surface area (Å²) in [6.45, 7) is 1.81. The molecule has 3 unspecified atom stereocenters. The summed E-state index contributed by atoms with van der Waals surface area (Å²) in [6.07, 6.45) is 3.73. The van der Waals surface area contributed by atoms with Gasteiger partial charge in [0.15, 0.2) is 11.9 Å². The molecule has 4 rings (SSSR count). The normalized spacial score (nSPS) is 25.4. The summed E-state index contributed by atoms with van der Waals surface area (Å²) in [5.74, 6) is -0.458. The maximum atomic E-state index is 12.7. The van der Waals surface area contributed by atoms with E-state index in [4.69, 9.17) is 21.1 Å². The minimum Gasteiger partial charge on any atom is -0.488 e. The molecule has 8 nitrogen and oxygen atoms in total. The number of nitrogens with one attached hydrogen (secondary N) is 1. The maximum Gasteiger partial charge on any atom is 0.314 e. The first kappa shape index (κ1) is 19.3. The molecule has 0 spiro atoms. The van der Waals surface area contributed by atoms with Crippen LogP contribution in [0.2, 0.25) is 5.02 Å². The smallest absolute Gasteiger partial charge is 0.314 e. The van der Waals surface area contributed by atoms with Gasteiger partial charge in [0, 0.05) is 16.8 Å². The zero-order chi connectivity index (χ0) is 20.5. The quantitative estimate of drug-likeness (QED) is 0.439. The fourth-order valence-electron chi connectivity index (χ4n) is 3.79. The van der Waals surface area contributed by atoms with Gasteiger partial charge in [-0.1, -0.05) is 23.7 Å². The van der Waals surface area contributed by atoms with Crippen LogP contribution in [0.25, 0.3) is 0 Å². The minimum absolute atomic E-state index is 0.269. The third kappa shape index (κ3) is 3.93. The molecular formula is C20H19ClN2O6. The van der Waals surface area contributed by atoms with Crippen LogP contribution >= 0.6 is 11.6 Å². The zero-order valence-corrected chi connectivity index (χ0v) is 16.3. The van der Waals surface area contributed by atoms with Crippen molar-refractivity contribution in [2.24, 2.45) is 5.92 Å². The second kappa shape index (κ2) is 7.79. The first-order valence-corrected chi connectivity index (χ1v) is 9.62. The van der Waals surface area contributed by atoms with E-state index >= 15 is 0 Å². The molecular weight excluding hydrogens is 400 g/mol. The van der Waals surface area contributed by atoms with E-state index in [0.29, 0.717) is 34.9 Å². The standard InChI is InChI=1S/C20H19ClN2O6/c1-11-18(28-20(24)13-4-7-15(8-13)29-23(25)26)17-10-27-19(16(17)9-22-11)12-2-5-14(21)6-3-12/h2-3,5-6,9-10,13,15,19,22H,4,7-8H2,1H3. The number of rotatable bonds is 5. The van der Waals surface area contributed by atoms with Crippen molar-refractivity contribution >= 4 is 17.6 Å². The van der Waals surface area contributed by atoms with Crippen molar-refractivity contribution < 1.29 is 24.2 Å². The van der Waals surface area contributed by atoms with E-state index in [1.165, 1.54) is 0 Å². The number of hydrogen-bond acceptors (Lipinski definition) is 7. The van der Waals surface area contributed by atoms with Gasteiger partial charge in [-0.15, -0.1) is 10.1 Å². The Kier molecular flexibility index (Phi) is 5.19. The molecule has 0 saturated heterocycles. The maximum absolute atomic E-state index is 12.7. The van der Waals surface area contributed by atoms with Crippen LogP contribution in [0, 0.1) is 16.0 Å². The molecule has 0 amide bonds. The van der Waals surface area contributed by atoms with Crippen LogP contribution in [0.3, 0.4) is 0 Å². The van der Waals surface area contributed by atoms with Crippen molar-refractivity contribution in [3.05, 3.63) is 80.0 Å². The molecule has 3 aliphatic rings. The molecule has 0 radical (unpaired) electrons. The molecule has 0 bridgehead atoms. The van der Waals surface area contributed by atoms with Gasteiger partial charge in [0.25, 0.3) is 5.09 Å². The van der Waals surface area contributed by atoms with Gasteiger partial charge in [-0.25, -0.2) is 0 Å². The number of esters is 1. The number of carbonyl (C=O) groups excluding carboxylic acids is 1. The van der Waals surface area contributed by atoms with Gasteiger partial charge in [0.1, 0.15) is 6.10 Å². The number of carbonyl (C=O) groups is 1. The molecule has 2 aliphatic heterocycles. The van der Waals surface area contributed by atoms with Gasteiger partial charge < -0.3 is 19.6 Å². The van der Waals surface area contributed by atoms with Crippen LogP contribution in [-0.4, -0.2) is 17.2 Å². The van der Waals surface area contributed by atoms with Crippen molar-refractivity contribution in [1.82, 2.24) is 5.32 Å². The molecule has 1 aliphatic carbocycles. The summed E-state index contributed by atoms with van der Waals surface area (Å²) in [4.78, 5) is 27.7. The van der Waals surface area contributed by atoms with Crippen LogP contribution in [0.15, 0.2) is 59.3 Å². The number of fused-ring (bicyclic) bond motifs is 1. The molecule has 1 saturated carbocycles. The Balaban J connectivity index is 1.45. The average Bonchev–Trinajstić information content (AvgIpc) is 3.31. The molecule has 1 aromatic carbocycles. The molecule has 29 heavy (non-hydrogen) atoms. The van der Waals surface area contributed by atoms with Crippen molar-refractivity contribution in [2.75, 3.05) is 0 Å². The Morgan fingerprint density at radius 2 is 2.07 bits per heavy atom. The second-order valence-electron chi connectivity index (χ2n) is 7.18. The highest BCUT2D eigenvalue weighted by Crippen LogP contribution is 2.43. The number of benzene rings is 1. The van der Waals surface area contributed by atoms with E-state index in [1.54, 1.807) is 25.3 Å². The monoisotopic (exact) mass is 418 g/mol. The Morgan fingerprint density at radius 3 is 2.79 bits per heavy atom. The van der Waals surface area contributed by atoms with Gasteiger partial charge in [-0.3, -0.25) is 4.79 Å². The van der Waals surface area contributed by atoms with E-state index < -0.39 is 23.1 Å². The third-order valence-corrected chi connectivity index (χ3v) is 5.53. The first-order chi connectivity index (χ1) is 13.9. The summed E-state index contributed by atoms with van der Waals surface area (Å²) in [5, 5.41) is 13.4. The molecule has 1 aromatic rings. The fraction of sp³-hybridized carbons (Fsp3) is 0.350. The van der Waals surface area contributed by atoms with Gasteiger partial charge >= 0.3 is 5.97 Å². The number of allylic oxidation sites excluding steroid dienone is 2. The number of halogens is 1. The zero-order valence-electron chi connectivity index (χ0n) is 15.6. The summed E-state index contributed by atoms with van der Waals surface area (Å²) in [7, 11) is 0. The van der Waals surface area contributed by atoms with Gasteiger partial charge in [0.2, 0.25) is 0 Å². The van der Waals surface area contributed by atoms with Gasteiger partial charge in [0.05, 0.1) is 23.5 Å². The highest BCUT2D eigenvalue weighted by Gasteiger charge is 2.37. The van der Waals surface area contributed by atoms with Gasteiger partial charge in [-0.05, 0) is 43.9 Å². The van der Waals surface area contributed by atoms with Crippen LogP contribution in [0.4, 0.5) is 0 Å². The fourth-order valence-corrected chi connectivity index (χ4v) is 3.92. The van der Waals surface area contributed by atoms with Crippen LogP contribution in [-0.2, 0) is 19.1 Å². The number of dihydropyridines is 1. The number of nitrogens with zero attached hydrogens (tertiary/aromatic N) is 1. The molecule has 9 heteroatoms. The molecule has 1 N–H and O–H groups in total. The lowest BCUT2D eigenvalue weighted by molar-refractivity contribution is -0.768. The minimum atomic E-state index is -0.815. The summed E-state index contributed by atoms with van der Waals surface area (Å²) in [6, 6.07) is 7.35. The van der Waals surface area contributed by atoms with Crippen LogP contribution < -0.4 is 5.32 Å². The highest BCUT2D eigenvalue weighted by molar-refractivity contribution is 6.30. The van der Waals surface area contributed by atoms with Gasteiger partial charge in [-0.2, -0.15) is 0 Å². The topological polar surface area (TPSA) is 99.9 Å². The van der Waals surface area contributed by atoms with E-state index in [1.807, 2.05) is 18.3 Å². The highest BCUT2D eigenvalue weighted by atomic mass is 35.5. The van der Waals surface area contributed by atoms with E-state index in [0.717, 1.165) is 11.1 Å². The second-order valence-corrected chi connectivity index (χ2v) is 7.62. The lowest BCUT2D eigenvalue weighted by Gasteiger charge is -2.22. The molecule has 3 atom stereocenters. The Labute approximate surface area is 171 Å². The molecule has 1 fully saturated rings. The van der Waals surface area contributed by atoms with Crippen molar-refractivity contribution in [2.45, 2.75) is 38.4 Å². The van der Waals surface area contributed by atoms with Crippen molar-refractivity contribution in [3.8, 4) is 0 Å². The largest absolute Gasteiger partial charge is 0.488 e. The third-order valence-electron chi connectivity index (χ3n) is 5.27. The summed E-state index contributed by atoms with van der Waals surface area (Å²) >= 11 is 5.96. The predicted octanol–water partition coefficient (Wildman–Crippen LogP) is 3.93. The lowest BCUT2D eigenvalue weighted by Crippen LogP contribution is -2.23. The van der Waals surface area contributed by atoms with Crippen molar-refractivity contribution in [3.63, 3.8) is 0 Å². The molecule has 0 aromatic heterocycles. The van der Waals surface area contributed by atoms with Crippen LogP contribution in [0.5, 0.6) is 0 Å². The Hall–Kier alpha value is -3.00. The summed E-state index contributed by atoms with van der Waals surface area (Å²) in [5.41, 5.74) is 3.16. The predicted molar refractivity (Wildman–Crippen MR) is 103 cm³/mol. The number of hydrogen-bond donors (Lipinski definition) is 1. The van der Waals surface area contributed by atoms with E-state index in [9.17, 15) is 14.9 Å². The van der Waals surface area contributed by atoms with E-state index in [-0.39, 0.29) is 12.5 Å². The van der Waals surface area contributed by atoms with Crippen molar-refractivity contribution in [1.29, 1.82) is 0 Å². The molecule has 152 valence electrons. The first-order valence-electron chi connectivity index (χ1n) is 9.24. The lowest BCUT2D eigenvalue weighted by atomic mass is 9.95. The number of ether oxygens (including phenoxy) is 2. The van der Waals surface area contributed by atoms with Crippen LogP contribution in [0.1, 0.15) is 37.9 Å². The Morgan fingerprint density at radius 1 is 1.31 bits per heavy atom. The summed E-state index contributed by atoms with van der Waals surface area (Å²) < 4.78 is 11.5. The molecule has 2 heterocycles.